The van der Waals surface area contributed by atoms with Crippen molar-refractivity contribution in [2.75, 3.05) is 19.3 Å². The second-order valence-corrected chi connectivity index (χ2v) is 5.93. The highest BCUT2D eigenvalue weighted by atomic mass is 32.1. The van der Waals surface area contributed by atoms with E-state index in [0.717, 1.165) is 12.3 Å². The van der Waals surface area contributed by atoms with Gasteiger partial charge < -0.3 is 4.90 Å². The van der Waals surface area contributed by atoms with Gasteiger partial charge >= 0.3 is 0 Å². The van der Waals surface area contributed by atoms with Gasteiger partial charge in [0.15, 0.2) is 0 Å². The maximum absolute atomic E-state index is 4.53. The third-order valence-corrected chi connectivity index (χ3v) is 4.73. The molecule has 0 bridgehead atoms. The minimum atomic E-state index is 0.501. The van der Waals surface area contributed by atoms with Crippen LogP contribution < -0.4 is 0 Å². The Morgan fingerprint density at radius 2 is 2.00 bits per heavy atom. The Labute approximate surface area is 111 Å². The Morgan fingerprint density at radius 1 is 1.29 bits per heavy atom. The first-order chi connectivity index (χ1) is 8.15. The number of hydrogen-bond donors (Lipinski definition) is 1. The Kier molecular flexibility index (Phi) is 4.16. The van der Waals surface area contributed by atoms with Crippen molar-refractivity contribution in [2.24, 2.45) is 5.41 Å². The highest BCUT2D eigenvalue weighted by Gasteiger charge is 2.36. The number of hydrogen-bond acceptors (Lipinski definition) is 2. The highest BCUT2D eigenvalue weighted by molar-refractivity contribution is 7.80. The Morgan fingerprint density at radius 3 is 2.53 bits per heavy atom. The van der Waals surface area contributed by atoms with E-state index in [1.54, 1.807) is 0 Å². The number of thiol groups is 1. The second kappa shape index (κ2) is 5.45. The first kappa shape index (κ1) is 13.0. The van der Waals surface area contributed by atoms with Crippen LogP contribution in [0.1, 0.15) is 30.4 Å². The fraction of sp³-hybridized carbons (Fsp3) is 0.600. The third-order valence-electron chi connectivity index (χ3n) is 4.06. The van der Waals surface area contributed by atoms with Crippen LogP contribution in [0.15, 0.2) is 24.3 Å². The van der Waals surface area contributed by atoms with E-state index in [1.165, 1.54) is 36.9 Å². The van der Waals surface area contributed by atoms with Crippen molar-refractivity contribution in [3.63, 3.8) is 0 Å². The van der Waals surface area contributed by atoms with Gasteiger partial charge in [0, 0.05) is 13.1 Å². The summed E-state index contributed by atoms with van der Waals surface area (Å²) in [4.78, 5) is 2.46. The first-order valence-corrected chi connectivity index (χ1v) is 7.12. The van der Waals surface area contributed by atoms with Crippen LogP contribution >= 0.6 is 12.6 Å². The van der Waals surface area contributed by atoms with Crippen LogP contribution in [0, 0.1) is 12.3 Å². The van der Waals surface area contributed by atoms with Crippen molar-refractivity contribution in [2.45, 2.75) is 32.7 Å². The van der Waals surface area contributed by atoms with Gasteiger partial charge in [-0.3, -0.25) is 0 Å². The van der Waals surface area contributed by atoms with Crippen molar-refractivity contribution >= 4 is 12.6 Å². The molecule has 2 heteroatoms. The molecule has 94 valence electrons. The Bertz CT molecular complexity index is 365. The molecule has 1 saturated carbocycles. The number of aryl methyl sites for hydroxylation is 1. The van der Waals surface area contributed by atoms with Gasteiger partial charge in [-0.1, -0.05) is 30.7 Å². The van der Waals surface area contributed by atoms with Crippen molar-refractivity contribution in [1.29, 1.82) is 0 Å². The number of benzene rings is 1. The van der Waals surface area contributed by atoms with Gasteiger partial charge in [-0.2, -0.15) is 12.6 Å². The van der Waals surface area contributed by atoms with E-state index in [0.29, 0.717) is 5.41 Å². The SMILES string of the molecule is Cc1ccccc1CN(C)CC1(CS)CCC1. The lowest BCUT2D eigenvalue weighted by molar-refractivity contribution is 0.101. The summed E-state index contributed by atoms with van der Waals surface area (Å²) in [5.74, 6) is 1.03. The van der Waals surface area contributed by atoms with E-state index in [-0.39, 0.29) is 0 Å². The minimum absolute atomic E-state index is 0.501. The smallest absolute Gasteiger partial charge is 0.0233 e. The molecule has 0 aliphatic heterocycles. The van der Waals surface area contributed by atoms with Crippen LogP contribution in [0.4, 0.5) is 0 Å². The molecule has 0 radical (unpaired) electrons. The molecule has 1 nitrogen and oxygen atoms in total. The fourth-order valence-electron chi connectivity index (χ4n) is 2.75. The van der Waals surface area contributed by atoms with Gasteiger partial charge in [-0.25, -0.2) is 0 Å². The zero-order valence-electron chi connectivity index (χ0n) is 10.9. The maximum atomic E-state index is 4.53. The molecular formula is C15H23NS. The molecule has 0 amide bonds. The zero-order chi connectivity index (χ0) is 12.3. The summed E-state index contributed by atoms with van der Waals surface area (Å²) < 4.78 is 0. The predicted octanol–water partition coefficient (Wildman–Crippen LogP) is 3.53. The fourth-order valence-corrected chi connectivity index (χ4v) is 3.17. The predicted molar refractivity (Wildman–Crippen MR) is 77.7 cm³/mol. The molecule has 1 fully saturated rings. The standard InChI is InChI=1S/C15H23NS/c1-13-6-3-4-7-14(13)10-16(2)11-15(12-17)8-5-9-15/h3-4,6-7,17H,5,8-12H2,1-2H3. The summed E-state index contributed by atoms with van der Waals surface area (Å²) in [5.41, 5.74) is 3.34. The largest absolute Gasteiger partial charge is 0.302 e. The topological polar surface area (TPSA) is 3.24 Å². The summed E-state index contributed by atoms with van der Waals surface area (Å²) in [5, 5.41) is 0. The molecule has 0 atom stereocenters. The summed E-state index contributed by atoms with van der Waals surface area (Å²) in [6.45, 7) is 4.44. The summed E-state index contributed by atoms with van der Waals surface area (Å²) >= 11 is 4.53. The van der Waals surface area contributed by atoms with Crippen LogP contribution in [0.2, 0.25) is 0 Å². The van der Waals surface area contributed by atoms with Crippen molar-refractivity contribution < 1.29 is 0 Å². The lowest BCUT2D eigenvalue weighted by Gasteiger charge is -2.43. The molecule has 0 unspecified atom stereocenters. The summed E-state index contributed by atoms with van der Waals surface area (Å²) in [6, 6.07) is 8.68. The molecule has 1 aromatic carbocycles. The van der Waals surface area contributed by atoms with E-state index in [2.05, 4.69) is 55.8 Å². The van der Waals surface area contributed by atoms with Gasteiger partial charge in [-0.05, 0) is 49.1 Å². The summed E-state index contributed by atoms with van der Waals surface area (Å²) in [6.07, 6.45) is 4.10. The molecule has 1 aromatic rings. The Balaban J connectivity index is 1.93. The van der Waals surface area contributed by atoms with Gasteiger partial charge in [0.1, 0.15) is 0 Å². The monoisotopic (exact) mass is 249 g/mol. The lowest BCUT2D eigenvalue weighted by atomic mass is 9.70. The van der Waals surface area contributed by atoms with Crippen LogP contribution in [0.5, 0.6) is 0 Å². The second-order valence-electron chi connectivity index (χ2n) is 5.61. The third kappa shape index (κ3) is 3.05. The van der Waals surface area contributed by atoms with E-state index in [9.17, 15) is 0 Å². The average molecular weight is 249 g/mol. The highest BCUT2D eigenvalue weighted by Crippen LogP contribution is 2.42. The number of nitrogens with zero attached hydrogens (tertiary/aromatic N) is 1. The molecule has 1 aliphatic carbocycles. The van der Waals surface area contributed by atoms with Crippen LogP contribution in [0.25, 0.3) is 0 Å². The first-order valence-electron chi connectivity index (χ1n) is 6.49. The van der Waals surface area contributed by atoms with Gasteiger partial charge in [0.2, 0.25) is 0 Å². The van der Waals surface area contributed by atoms with E-state index in [1.807, 2.05) is 0 Å². The maximum Gasteiger partial charge on any atom is 0.0233 e. The molecule has 2 rings (SSSR count). The van der Waals surface area contributed by atoms with Crippen molar-refractivity contribution in [3.8, 4) is 0 Å². The molecule has 1 aliphatic rings. The van der Waals surface area contributed by atoms with Gasteiger partial charge in [-0.15, -0.1) is 0 Å². The average Bonchev–Trinajstić information content (AvgIpc) is 2.27. The van der Waals surface area contributed by atoms with Crippen LogP contribution in [-0.4, -0.2) is 24.2 Å². The van der Waals surface area contributed by atoms with E-state index < -0.39 is 0 Å². The van der Waals surface area contributed by atoms with E-state index >= 15 is 0 Å². The molecular weight excluding hydrogens is 226 g/mol. The van der Waals surface area contributed by atoms with Gasteiger partial charge in [0.05, 0.1) is 0 Å². The molecule has 17 heavy (non-hydrogen) atoms. The molecule has 0 spiro atoms. The van der Waals surface area contributed by atoms with Crippen molar-refractivity contribution in [3.05, 3.63) is 35.4 Å². The summed E-state index contributed by atoms with van der Waals surface area (Å²) in [7, 11) is 2.23. The van der Waals surface area contributed by atoms with Crippen molar-refractivity contribution in [1.82, 2.24) is 4.90 Å². The molecule has 0 saturated heterocycles. The molecule has 0 heterocycles. The number of rotatable bonds is 5. The quantitative estimate of drug-likeness (QED) is 0.781. The molecule has 0 N–H and O–H groups in total. The van der Waals surface area contributed by atoms with Gasteiger partial charge in [0.25, 0.3) is 0 Å². The van der Waals surface area contributed by atoms with E-state index in [4.69, 9.17) is 0 Å². The van der Waals surface area contributed by atoms with Crippen LogP contribution in [-0.2, 0) is 6.54 Å². The Hall–Kier alpha value is -0.470. The zero-order valence-corrected chi connectivity index (χ0v) is 11.8. The lowest BCUT2D eigenvalue weighted by Crippen LogP contribution is -2.42. The molecule has 0 aromatic heterocycles. The minimum Gasteiger partial charge on any atom is -0.302 e. The normalized spacial score (nSPS) is 18.1. The van der Waals surface area contributed by atoms with Crippen LogP contribution in [0.3, 0.4) is 0 Å².